The number of carbonyl (C=O) groups is 1. The Morgan fingerprint density at radius 3 is 0.667 bits per heavy atom. The van der Waals surface area contributed by atoms with E-state index in [0.29, 0.717) is 6.54 Å². The molecule has 0 aromatic rings. The van der Waals surface area contributed by atoms with E-state index in [1.807, 2.05) is 0 Å². The Kier molecular flexibility index (Phi) is 52.1. The Balaban J connectivity index is 0. The van der Waals surface area contributed by atoms with Crippen molar-refractivity contribution in [3.8, 4) is 0 Å². The molecule has 0 aliphatic rings. The first-order valence-electron chi connectivity index (χ1n) is 23.6. The summed E-state index contributed by atoms with van der Waals surface area (Å²) in [5.41, 5.74) is 0. The average molecular weight is 744 g/mol. The molecule has 3 nitrogen and oxygen atoms in total. The molecule has 0 rings (SSSR count). The van der Waals surface area contributed by atoms with Crippen molar-refractivity contribution in [1.82, 2.24) is 4.90 Å². The Morgan fingerprint density at radius 2 is 0.490 bits per heavy atom. The van der Waals surface area contributed by atoms with Gasteiger partial charge in [0.05, 0.1) is 0 Å². The number of nitrogens with zero attached hydrogens (tertiary/aromatic N) is 1. The molecule has 51 heavy (non-hydrogen) atoms. The van der Waals surface area contributed by atoms with Crippen molar-refractivity contribution in [1.29, 1.82) is 0 Å². The standard InChI is InChI=1S/C47H95NO2.K/c1-3-5-7-9-11-13-15-17-19-21-23-25-27-29-31-33-35-37-39-41-44-48(46-43-47(49)50)45-42-40-38-36-34-32-30-28-26-24-22-20-18-16-14-12-10-8-6-4-2;/h3-46H2,1-2H3,(H,49,50);/q;+1/p-1. The molecule has 0 atom stereocenters. The summed E-state index contributed by atoms with van der Waals surface area (Å²) in [5, 5.41) is 11.1. The van der Waals surface area contributed by atoms with Gasteiger partial charge in [0.25, 0.3) is 0 Å². The zero-order valence-corrected chi connectivity index (χ0v) is 39.0. The van der Waals surface area contributed by atoms with Crippen LogP contribution in [0.1, 0.15) is 277 Å². The zero-order chi connectivity index (χ0) is 36.3. The van der Waals surface area contributed by atoms with Crippen LogP contribution >= 0.6 is 0 Å². The van der Waals surface area contributed by atoms with Gasteiger partial charge in [-0.1, -0.05) is 258 Å². The Bertz CT molecular complexity index is 585. The summed E-state index contributed by atoms with van der Waals surface area (Å²) in [6.07, 6.45) is 56.6. The third-order valence-corrected chi connectivity index (χ3v) is 11.3. The van der Waals surface area contributed by atoms with Gasteiger partial charge in [0.2, 0.25) is 0 Å². The molecule has 0 bridgehead atoms. The molecule has 0 spiro atoms. The van der Waals surface area contributed by atoms with Crippen LogP contribution in [-0.4, -0.2) is 30.5 Å². The molecule has 0 saturated carbocycles. The number of unbranched alkanes of at least 4 members (excludes halogenated alkanes) is 38. The largest absolute Gasteiger partial charge is 1.00 e. The maximum atomic E-state index is 11.1. The molecular formula is C47H94KNO2. The van der Waals surface area contributed by atoms with Gasteiger partial charge in [-0.3, -0.25) is 0 Å². The van der Waals surface area contributed by atoms with Crippen molar-refractivity contribution in [2.24, 2.45) is 0 Å². The van der Waals surface area contributed by atoms with E-state index in [-0.39, 0.29) is 57.8 Å². The molecule has 0 aliphatic heterocycles. The summed E-state index contributed by atoms with van der Waals surface area (Å²) in [6, 6.07) is 0. The van der Waals surface area contributed by atoms with Crippen LogP contribution in [0.3, 0.4) is 0 Å². The van der Waals surface area contributed by atoms with E-state index in [1.165, 1.54) is 257 Å². The molecule has 0 fully saturated rings. The summed E-state index contributed by atoms with van der Waals surface area (Å²) in [6.45, 7) is 7.39. The van der Waals surface area contributed by atoms with E-state index in [2.05, 4.69) is 18.7 Å². The predicted octanol–water partition coefficient (Wildman–Crippen LogP) is 12.1. The van der Waals surface area contributed by atoms with Crippen molar-refractivity contribution in [2.45, 2.75) is 277 Å². The fourth-order valence-electron chi connectivity index (χ4n) is 7.77. The minimum absolute atomic E-state index is 0. The van der Waals surface area contributed by atoms with E-state index in [4.69, 9.17) is 0 Å². The Morgan fingerprint density at radius 1 is 0.314 bits per heavy atom. The molecule has 4 heteroatoms. The van der Waals surface area contributed by atoms with Crippen LogP contribution in [0, 0.1) is 0 Å². The van der Waals surface area contributed by atoms with E-state index in [9.17, 15) is 9.90 Å². The SMILES string of the molecule is CCCCCCCCCCCCCCCCCCCCCCN(CCCCCCCCCCCCCCCCCCCCCC)CCC(=O)[O-].[K+]. The van der Waals surface area contributed by atoms with Crippen molar-refractivity contribution >= 4 is 5.97 Å². The average Bonchev–Trinajstić information content (AvgIpc) is 3.11. The Labute approximate surface area is 365 Å². The van der Waals surface area contributed by atoms with Crippen LogP contribution in [0.4, 0.5) is 0 Å². The van der Waals surface area contributed by atoms with Gasteiger partial charge in [-0.2, -0.15) is 0 Å². The summed E-state index contributed by atoms with van der Waals surface area (Å²) in [7, 11) is 0. The van der Waals surface area contributed by atoms with Gasteiger partial charge in [0, 0.05) is 12.5 Å². The fourth-order valence-corrected chi connectivity index (χ4v) is 7.77. The van der Waals surface area contributed by atoms with Crippen LogP contribution in [-0.2, 0) is 4.79 Å². The molecule has 300 valence electrons. The van der Waals surface area contributed by atoms with Gasteiger partial charge in [-0.15, -0.1) is 0 Å². The number of hydrogen-bond donors (Lipinski definition) is 0. The topological polar surface area (TPSA) is 43.4 Å². The molecule has 0 unspecified atom stereocenters. The molecule has 0 aliphatic carbocycles. The van der Waals surface area contributed by atoms with Gasteiger partial charge < -0.3 is 14.8 Å². The number of carboxylic acid groups (broad SMARTS) is 1. The minimum Gasteiger partial charge on any atom is -0.550 e. The van der Waals surface area contributed by atoms with Gasteiger partial charge in [-0.25, -0.2) is 0 Å². The molecular weight excluding hydrogens is 650 g/mol. The maximum absolute atomic E-state index is 11.1. The third-order valence-electron chi connectivity index (χ3n) is 11.3. The van der Waals surface area contributed by atoms with Gasteiger partial charge >= 0.3 is 51.4 Å². The molecule has 0 amide bonds. The van der Waals surface area contributed by atoms with Gasteiger partial charge in [-0.05, 0) is 32.4 Å². The molecule has 0 heterocycles. The first-order chi connectivity index (χ1) is 24.7. The first kappa shape index (κ1) is 54.2. The van der Waals surface area contributed by atoms with Crippen LogP contribution < -0.4 is 56.5 Å². The van der Waals surface area contributed by atoms with Crippen molar-refractivity contribution in [2.75, 3.05) is 19.6 Å². The smallest absolute Gasteiger partial charge is 0.550 e. The number of hydrogen-bond acceptors (Lipinski definition) is 3. The summed E-state index contributed by atoms with van der Waals surface area (Å²) < 4.78 is 0. The second-order valence-corrected chi connectivity index (χ2v) is 16.4. The van der Waals surface area contributed by atoms with Gasteiger partial charge in [0.15, 0.2) is 0 Å². The third kappa shape index (κ3) is 49.0. The molecule has 0 radical (unpaired) electrons. The second kappa shape index (κ2) is 49.1. The molecule has 0 N–H and O–H groups in total. The fraction of sp³-hybridized carbons (Fsp3) is 0.979. The maximum Gasteiger partial charge on any atom is 1.00 e. The number of carbonyl (C=O) groups excluding carboxylic acids is 1. The van der Waals surface area contributed by atoms with Crippen LogP contribution in [0.25, 0.3) is 0 Å². The van der Waals surface area contributed by atoms with Gasteiger partial charge in [0.1, 0.15) is 0 Å². The summed E-state index contributed by atoms with van der Waals surface area (Å²) in [4.78, 5) is 13.5. The van der Waals surface area contributed by atoms with E-state index >= 15 is 0 Å². The summed E-state index contributed by atoms with van der Waals surface area (Å²) in [5.74, 6) is -0.901. The number of aliphatic carboxylic acids is 1. The molecule has 0 saturated heterocycles. The zero-order valence-electron chi connectivity index (χ0n) is 35.9. The van der Waals surface area contributed by atoms with Crippen LogP contribution in [0.2, 0.25) is 0 Å². The minimum atomic E-state index is -0.901. The van der Waals surface area contributed by atoms with E-state index in [1.54, 1.807) is 0 Å². The van der Waals surface area contributed by atoms with Crippen molar-refractivity contribution < 1.29 is 61.3 Å². The van der Waals surface area contributed by atoms with Crippen LogP contribution in [0.15, 0.2) is 0 Å². The molecule has 0 aromatic carbocycles. The monoisotopic (exact) mass is 744 g/mol. The van der Waals surface area contributed by atoms with Crippen LogP contribution in [0.5, 0.6) is 0 Å². The quantitative estimate of drug-likeness (QED) is 0.0461. The second-order valence-electron chi connectivity index (χ2n) is 16.4. The number of carboxylic acids is 1. The molecule has 0 aromatic heterocycles. The van der Waals surface area contributed by atoms with E-state index in [0.717, 1.165) is 13.1 Å². The number of rotatable bonds is 45. The predicted molar refractivity (Wildman–Crippen MR) is 222 cm³/mol. The van der Waals surface area contributed by atoms with Crippen molar-refractivity contribution in [3.63, 3.8) is 0 Å². The van der Waals surface area contributed by atoms with Crippen molar-refractivity contribution in [3.05, 3.63) is 0 Å². The Hall–Kier alpha value is 1.07. The normalized spacial score (nSPS) is 11.4. The first-order valence-corrected chi connectivity index (χ1v) is 23.6. The van der Waals surface area contributed by atoms with E-state index < -0.39 is 5.97 Å². The summed E-state index contributed by atoms with van der Waals surface area (Å²) >= 11 is 0.